The van der Waals surface area contributed by atoms with Crippen LogP contribution in [0.25, 0.3) is 0 Å². The molecule has 0 heterocycles. The highest BCUT2D eigenvalue weighted by molar-refractivity contribution is 5.92. The molecule has 0 aromatic heterocycles. The Hall–Kier alpha value is -3.02. The number of esters is 1. The highest BCUT2D eigenvalue weighted by Gasteiger charge is 2.17. The third-order valence-corrected chi connectivity index (χ3v) is 4.00. The number of methoxy groups -OCH3 is 2. The Balaban J connectivity index is 1.98. The lowest BCUT2D eigenvalue weighted by molar-refractivity contribution is -0.133. The lowest BCUT2D eigenvalue weighted by atomic mass is 10.1. The number of hydrogen-bond acceptors (Lipinski definition) is 5. The van der Waals surface area contributed by atoms with Crippen molar-refractivity contribution >= 4 is 11.9 Å². The van der Waals surface area contributed by atoms with Crippen LogP contribution in [0.2, 0.25) is 0 Å². The van der Waals surface area contributed by atoms with Crippen molar-refractivity contribution in [3.05, 3.63) is 59.2 Å². The van der Waals surface area contributed by atoms with Crippen LogP contribution < -0.4 is 9.47 Å². The van der Waals surface area contributed by atoms with E-state index in [2.05, 4.69) is 0 Å². The lowest BCUT2D eigenvalue weighted by Gasteiger charge is -2.17. The van der Waals surface area contributed by atoms with E-state index in [0.717, 1.165) is 11.1 Å². The van der Waals surface area contributed by atoms with Crippen LogP contribution in [0.15, 0.2) is 42.5 Å². The Morgan fingerprint density at radius 2 is 1.58 bits per heavy atom. The molecule has 0 aliphatic carbocycles. The molecule has 0 N–H and O–H groups in total. The van der Waals surface area contributed by atoms with Gasteiger partial charge in [0, 0.05) is 19.2 Å². The monoisotopic (exact) mass is 357 g/mol. The van der Waals surface area contributed by atoms with E-state index in [1.807, 2.05) is 37.3 Å². The molecular formula is C20H23NO5. The van der Waals surface area contributed by atoms with Crippen LogP contribution >= 0.6 is 0 Å². The second-order valence-corrected chi connectivity index (χ2v) is 5.82. The van der Waals surface area contributed by atoms with E-state index >= 15 is 0 Å². The van der Waals surface area contributed by atoms with Crippen molar-refractivity contribution in [3.8, 4) is 11.5 Å². The van der Waals surface area contributed by atoms with E-state index in [0.29, 0.717) is 18.0 Å². The molecule has 6 nitrogen and oxygen atoms in total. The second-order valence-electron chi connectivity index (χ2n) is 5.82. The molecule has 1 amide bonds. The predicted molar refractivity (Wildman–Crippen MR) is 97.5 cm³/mol. The zero-order valence-electron chi connectivity index (χ0n) is 15.4. The molecular weight excluding hydrogens is 334 g/mol. The Morgan fingerprint density at radius 1 is 1.00 bits per heavy atom. The lowest BCUT2D eigenvalue weighted by Crippen LogP contribution is -2.30. The summed E-state index contributed by atoms with van der Waals surface area (Å²) in [5.74, 6) is 0.143. The molecule has 2 rings (SSSR count). The molecule has 0 atom stereocenters. The number of carbonyl (C=O) groups excluding carboxylic acids is 2. The average Bonchev–Trinajstić information content (AvgIpc) is 2.66. The van der Waals surface area contributed by atoms with Gasteiger partial charge < -0.3 is 19.1 Å². The summed E-state index contributed by atoms with van der Waals surface area (Å²) in [7, 11) is 4.69. The van der Waals surface area contributed by atoms with Crippen LogP contribution in [0, 0.1) is 6.92 Å². The molecule has 0 aliphatic rings. The fourth-order valence-electron chi connectivity index (χ4n) is 2.47. The topological polar surface area (TPSA) is 65.1 Å². The van der Waals surface area contributed by atoms with Gasteiger partial charge in [-0.2, -0.15) is 0 Å². The maximum Gasteiger partial charge on any atom is 0.338 e. The molecule has 0 saturated carbocycles. The number of likely N-dealkylation sites (N-methyl/N-ethyl adjacent to an activating group) is 1. The van der Waals surface area contributed by atoms with Gasteiger partial charge in [0.25, 0.3) is 5.91 Å². The minimum atomic E-state index is -0.608. The molecule has 0 unspecified atom stereocenters. The molecule has 0 aliphatic heterocycles. The van der Waals surface area contributed by atoms with Crippen LogP contribution in [0.1, 0.15) is 21.5 Å². The molecule has 6 heteroatoms. The van der Waals surface area contributed by atoms with Crippen molar-refractivity contribution in [2.24, 2.45) is 0 Å². The molecule has 2 aromatic carbocycles. The van der Waals surface area contributed by atoms with Crippen LogP contribution in [0.5, 0.6) is 11.5 Å². The van der Waals surface area contributed by atoms with Crippen molar-refractivity contribution in [2.75, 3.05) is 27.9 Å². The third kappa shape index (κ3) is 4.75. The summed E-state index contributed by atoms with van der Waals surface area (Å²) < 4.78 is 15.6. The summed E-state index contributed by atoms with van der Waals surface area (Å²) in [5, 5.41) is 0. The van der Waals surface area contributed by atoms with Crippen molar-refractivity contribution in [1.29, 1.82) is 0 Å². The van der Waals surface area contributed by atoms with E-state index in [4.69, 9.17) is 14.2 Å². The zero-order valence-corrected chi connectivity index (χ0v) is 15.4. The number of amides is 1. The van der Waals surface area contributed by atoms with E-state index in [9.17, 15) is 9.59 Å². The summed E-state index contributed by atoms with van der Waals surface area (Å²) >= 11 is 0. The van der Waals surface area contributed by atoms with E-state index in [-0.39, 0.29) is 18.1 Å². The summed E-state index contributed by atoms with van der Waals surface area (Å²) in [6.45, 7) is 1.94. The molecule has 0 radical (unpaired) electrons. The molecule has 0 spiro atoms. The van der Waals surface area contributed by atoms with Crippen LogP contribution in [0.3, 0.4) is 0 Å². The smallest absolute Gasteiger partial charge is 0.338 e. The van der Waals surface area contributed by atoms with Gasteiger partial charge in [0.15, 0.2) is 6.61 Å². The minimum absolute atomic E-state index is 0.266. The molecule has 0 fully saturated rings. The quantitative estimate of drug-likeness (QED) is 0.713. The predicted octanol–water partition coefficient (Wildman–Crippen LogP) is 2.83. The number of carbonyl (C=O) groups is 2. The second kappa shape index (κ2) is 8.89. The maximum absolute atomic E-state index is 12.3. The molecule has 2 aromatic rings. The van der Waals surface area contributed by atoms with Gasteiger partial charge in [-0.3, -0.25) is 4.79 Å². The third-order valence-electron chi connectivity index (χ3n) is 4.00. The van der Waals surface area contributed by atoms with Crippen molar-refractivity contribution in [3.63, 3.8) is 0 Å². The Bertz CT molecular complexity index is 748. The summed E-state index contributed by atoms with van der Waals surface area (Å²) in [5.41, 5.74) is 2.05. The van der Waals surface area contributed by atoms with Crippen LogP contribution in [0.4, 0.5) is 0 Å². The molecule has 26 heavy (non-hydrogen) atoms. The first-order valence-electron chi connectivity index (χ1n) is 8.14. The zero-order chi connectivity index (χ0) is 19.1. The van der Waals surface area contributed by atoms with Gasteiger partial charge in [-0.25, -0.2) is 4.79 Å². The fraction of sp³-hybridized carbons (Fsp3) is 0.300. The Labute approximate surface area is 153 Å². The first-order chi connectivity index (χ1) is 12.5. The number of benzene rings is 2. The Morgan fingerprint density at radius 3 is 2.12 bits per heavy atom. The molecule has 0 bridgehead atoms. The van der Waals surface area contributed by atoms with Gasteiger partial charge in [-0.05, 0) is 24.6 Å². The number of nitrogens with zero attached hydrogens (tertiary/aromatic N) is 1. The molecule has 138 valence electrons. The summed E-state index contributed by atoms with van der Waals surface area (Å²) in [6, 6.07) is 12.7. The van der Waals surface area contributed by atoms with Gasteiger partial charge in [0.2, 0.25) is 0 Å². The summed E-state index contributed by atoms with van der Waals surface area (Å²) in [4.78, 5) is 26.0. The molecule has 0 saturated heterocycles. The van der Waals surface area contributed by atoms with Crippen molar-refractivity contribution in [1.82, 2.24) is 4.90 Å². The van der Waals surface area contributed by atoms with E-state index in [1.54, 1.807) is 19.2 Å². The maximum atomic E-state index is 12.3. The fourth-order valence-corrected chi connectivity index (χ4v) is 2.47. The first-order valence-corrected chi connectivity index (χ1v) is 8.14. The average molecular weight is 357 g/mol. The summed E-state index contributed by atoms with van der Waals surface area (Å²) in [6.07, 6.45) is 0. The minimum Gasteiger partial charge on any atom is -0.496 e. The van der Waals surface area contributed by atoms with Crippen LogP contribution in [-0.2, 0) is 16.1 Å². The standard InChI is InChI=1S/C20H23NO5/c1-14-17(24-3)10-16(11-18(14)25-4)20(23)26-13-19(22)21(2)12-15-8-6-5-7-9-15/h5-11H,12-13H2,1-4H3. The van der Waals surface area contributed by atoms with Gasteiger partial charge in [-0.1, -0.05) is 30.3 Å². The van der Waals surface area contributed by atoms with Gasteiger partial charge >= 0.3 is 5.97 Å². The van der Waals surface area contributed by atoms with Gasteiger partial charge in [0.05, 0.1) is 19.8 Å². The SMILES string of the molecule is COc1cc(C(=O)OCC(=O)N(C)Cc2ccccc2)cc(OC)c1C. The Kier molecular flexibility index (Phi) is 6.60. The normalized spacial score (nSPS) is 10.2. The van der Waals surface area contributed by atoms with Crippen molar-refractivity contribution in [2.45, 2.75) is 13.5 Å². The highest BCUT2D eigenvalue weighted by Crippen LogP contribution is 2.29. The first kappa shape index (κ1) is 19.3. The van der Waals surface area contributed by atoms with E-state index < -0.39 is 5.97 Å². The number of rotatable bonds is 7. The van der Waals surface area contributed by atoms with Crippen LogP contribution in [-0.4, -0.2) is 44.7 Å². The largest absolute Gasteiger partial charge is 0.496 e. The highest BCUT2D eigenvalue weighted by atomic mass is 16.5. The van der Waals surface area contributed by atoms with Crippen molar-refractivity contribution < 1.29 is 23.8 Å². The number of ether oxygens (including phenoxy) is 3. The number of hydrogen-bond donors (Lipinski definition) is 0. The van der Waals surface area contributed by atoms with Gasteiger partial charge in [-0.15, -0.1) is 0 Å². The van der Waals surface area contributed by atoms with E-state index in [1.165, 1.54) is 19.1 Å². The van der Waals surface area contributed by atoms with Gasteiger partial charge in [0.1, 0.15) is 11.5 Å².